The molecule has 0 atom stereocenters. The summed E-state index contributed by atoms with van der Waals surface area (Å²) in [5, 5.41) is 8.85. The molecule has 0 bridgehead atoms. The van der Waals surface area contributed by atoms with Crippen LogP contribution in [0, 0.1) is 0 Å². The van der Waals surface area contributed by atoms with Gasteiger partial charge in [0.1, 0.15) is 5.75 Å². The van der Waals surface area contributed by atoms with Gasteiger partial charge in [-0.15, -0.1) is 0 Å². The standard InChI is InChI=1S/C15H23NO3/c1-4-16(9-10-17)15(18)11-19-14-7-5-13(6-8-14)12(2)3/h5-8,12,17H,4,9-11H2,1-3H3. The Bertz CT molecular complexity index is 387. The van der Waals surface area contributed by atoms with Gasteiger partial charge in [0.25, 0.3) is 5.91 Å². The molecule has 0 unspecified atom stereocenters. The van der Waals surface area contributed by atoms with Crippen molar-refractivity contribution in [2.24, 2.45) is 0 Å². The fourth-order valence-electron chi connectivity index (χ4n) is 1.77. The second-order valence-electron chi connectivity index (χ2n) is 4.71. The van der Waals surface area contributed by atoms with Gasteiger partial charge in [-0.1, -0.05) is 26.0 Å². The Labute approximate surface area is 115 Å². The first-order valence-electron chi connectivity index (χ1n) is 6.69. The van der Waals surface area contributed by atoms with Crippen LogP contribution in [0.15, 0.2) is 24.3 Å². The van der Waals surface area contributed by atoms with E-state index in [0.29, 0.717) is 24.8 Å². The maximum absolute atomic E-state index is 11.8. The normalized spacial score (nSPS) is 10.6. The van der Waals surface area contributed by atoms with Crippen molar-refractivity contribution >= 4 is 5.91 Å². The summed E-state index contributed by atoms with van der Waals surface area (Å²) in [6.45, 7) is 7.06. The lowest BCUT2D eigenvalue weighted by Gasteiger charge is -2.19. The van der Waals surface area contributed by atoms with Crippen LogP contribution in [0.4, 0.5) is 0 Å². The number of benzene rings is 1. The Morgan fingerprint density at radius 2 is 1.95 bits per heavy atom. The zero-order valence-corrected chi connectivity index (χ0v) is 11.9. The number of carbonyl (C=O) groups excluding carboxylic acids is 1. The van der Waals surface area contributed by atoms with Crippen molar-refractivity contribution in [2.45, 2.75) is 26.7 Å². The van der Waals surface area contributed by atoms with Crippen molar-refractivity contribution in [1.29, 1.82) is 0 Å². The quantitative estimate of drug-likeness (QED) is 0.820. The maximum atomic E-state index is 11.8. The predicted octanol–water partition coefficient (Wildman–Crippen LogP) is 2.03. The fourth-order valence-corrected chi connectivity index (χ4v) is 1.77. The van der Waals surface area contributed by atoms with Crippen LogP contribution in [-0.4, -0.2) is 42.2 Å². The van der Waals surface area contributed by atoms with E-state index < -0.39 is 0 Å². The van der Waals surface area contributed by atoms with Crippen molar-refractivity contribution in [3.05, 3.63) is 29.8 Å². The predicted molar refractivity (Wildman–Crippen MR) is 75.4 cm³/mol. The zero-order valence-electron chi connectivity index (χ0n) is 11.9. The summed E-state index contributed by atoms with van der Waals surface area (Å²) in [7, 11) is 0. The van der Waals surface area contributed by atoms with Gasteiger partial charge in [-0.2, -0.15) is 0 Å². The summed E-state index contributed by atoms with van der Waals surface area (Å²) >= 11 is 0. The number of carbonyl (C=O) groups is 1. The third kappa shape index (κ3) is 4.91. The number of rotatable bonds is 7. The van der Waals surface area contributed by atoms with Gasteiger partial charge in [-0.25, -0.2) is 0 Å². The minimum atomic E-state index is -0.107. The monoisotopic (exact) mass is 265 g/mol. The number of hydrogen-bond donors (Lipinski definition) is 1. The molecule has 106 valence electrons. The van der Waals surface area contributed by atoms with E-state index >= 15 is 0 Å². The molecule has 0 spiro atoms. The van der Waals surface area contributed by atoms with E-state index in [9.17, 15) is 4.79 Å². The molecular weight excluding hydrogens is 242 g/mol. The van der Waals surface area contributed by atoms with Crippen LogP contribution >= 0.6 is 0 Å². The molecule has 0 heterocycles. The molecule has 1 amide bonds. The molecule has 0 saturated heterocycles. The highest BCUT2D eigenvalue weighted by molar-refractivity contribution is 5.77. The van der Waals surface area contributed by atoms with Crippen LogP contribution in [0.25, 0.3) is 0 Å². The van der Waals surface area contributed by atoms with E-state index in [0.717, 1.165) is 0 Å². The van der Waals surface area contributed by atoms with Crippen LogP contribution in [0.3, 0.4) is 0 Å². The van der Waals surface area contributed by atoms with Crippen molar-refractivity contribution in [1.82, 2.24) is 4.90 Å². The van der Waals surface area contributed by atoms with Gasteiger partial charge in [0, 0.05) is 13.1 Å². The molecule has 4 nitrogen and oxygen atoms in total. The van der Waals surface area contributed by atoms with Crippen LogP contribution in [0.2, 0.25) is 0 Å². The largest absolute Gasteiger partial charge is 0.484 e. The fraction of sp³-hybridized carbons (Fsp3) is 0.533. The Morgan fingerprint density at radius 3 is 2.42 bits per heavy atom. The number of amides is 1. The molecular formula is C15H23NO3. The van der Waals surface area contributed by atoms with Crippen LogP contribution in [0.1, 0.15) is 32.3 Å². The lowest BCUT2D eigenvalue weighted by atomic mass is 10.0. The first-order chi connectivity index (χ1) is 9.08. The summed E-state index contributed by atoms with van der Waals surface area (Å²) < 4.78 is 5.46. The topological polar surface area (TPSA) is 49.8 Å². The van der Waals surface area contributed by atoms with Gasteiger partial charge in [0.15, 0.2) is 6.61 Å². The zero-order chi connectivity index (χ0) is 14.3. The smallest absolute Gasteiger partial charge is 0.260 e. The highest BCUT2D eigenvalue weighted by atomic mass is 16.5. The minimum absolute atomic E-state index is 0.00879. The van der Waals surface area contributed by atoms with Crippen molar-refractivity contribution in [3.8, 4) is 5.75 Å². The molecule has 0 fully saturated rings. The molecule has 0 aliphatic heterocycles. The molecule has 0 aromatic heterocycles. The van der Waals surface area contributed by atoms with Crippen LogP contribution < -0.4 is 4.74 Å². The first-order valence-corrected chi connectivity index (χ1v) is 6.69. The Morgan fingerprint density at radius 1 is 1.32 bits per heavy atom. The second kappa shape index (κ2) is 7.79. The summed E-state index contributed by atoms with van der Waals surface area (Å²) in [6, 6.07) is 7.78. The highest BCUT2D eigenvalue weighted by Crippen LogP contribution is 2.18. The van der Waals surface area contributed by atoms with Gasteiger partial charge < -0.3 is 14.7 Å². The molecule has 0 saturated carbocycles. The molecule has 4 heteroatoms. The number of hydrogen-bond acceptors (Lipinski definition) is 3. The first kappa shape index (κ1) is 15.5. The number of aliphatic hydroxyl groups is 1. The molecule has 1 rings (SSSR count). The van der Waals surface area contributed by atoms with Gasteiger partial charge in [-0.05, 0) is 30.5 Å². The summed E-state index contributed by atoms with van der Waals surface area (Å²) in [5.74, 6) is 1.07. The number of likely N-dealkylation sites (N-methyl/N-ethyl adjacent to an activating group) is 1. The SMILES string of the molecule is CCN(CCO)C(=O)COc1ccc(C(C)C)cc1. The lowest BCUT2D eigenvalue weighted by molar-refractivity contribution is -0.133. The second-order valence-corrected chi connectivity index (χ2v) is 4.71. The number of nitrogens with zero attached hydrogens (tertiary/aromatic N) is 1. The molecule has 0 aliphatic rings. The highest BCUT2D eigenvalue weighted by Gasteiger charge is 2.11. The molecule has 1 aromatic carbocycles. The average molecular weight is 265 g/mol. The molecule has 1 N–H and O–H groups in total. The molecule has 19 heavy (non-hydrogen) atoms. The van der Waals surface area contributed by atoms with E-state index in [-0.39, 0.29) is 19.1 Å². The van der Waals surface area contributed by atoms with Crippen LogP contribution in [-0.2, 0) is 4.79 Å². The Kier molecular flexibility index (Phi) is 6.36. The third-order valence-electron chi connectivity index (χ3n) is 3.01. The van der Waals surface area contributed by atoms with Crippen LogP contribution in [0.5, 0.6) is 5.75 Å². The third-order valence-corrected chi connectivity index (χ3v) is 3.01. The molecule has 0 aliphatic carbocycles. The number of aliphatic hydroxyl groups excluding tert-OH is 1. The Balaban J connectivity index is 2.49. The Hall–Kier alpha value is -1.55. The van der Waals surface area contributed by atoms with Gasteiger partial charge >= 0.3 is 0 Å². The molecule has 0 radical (unpaired) electrons. The van der Waals surface area contributed by atoms with Crippen molar-refractivity contribution in [2.75, 3.05) is 26.3 Å². The summed E-state index contributed by atoms with van der Waals surface area (Å²) in [4.78, 5) is 13.4. The van der Waals surface area contributed by atoms with Gasteiger partial charge in [0.05, 0.1) is 6.61 Å². The van der Waals surface area contributed by atoms with Gasteiger partial charge in [0.2, 0.25) is 0 Å². The summed E-state index contributed by atoms with van der Waals surface area (Å²) in [6.07, 6.45) is 0. The molecule has 1 aromatic rings. The van der Waals surface area contributed by atoms with E-state index in [1.807, 2.05) is 31.2 Å². The summed E-state index contributed by atoms with van der Waals surface area (Å²) in [5.41, 5.74) is 1.24. The average Bonchev–Trinajstić information content (AvgIpc) is 2.42. The van der Waals surface area contributed by atoms with Crippen molar-refractivity contribution in [3.63, 3.8) is 0 Å². The van der Waals surface area contributed by atoms with E-state index in [1.54, 1.807) is 4.90 Å². The van der Waals surface area contributed by atoms with Crippen molar-refractivity contribution < 1.29 is 14.6 Å². The van der Waals surface area contributed by atoms with E-state index in [2.05, 4.69) is 13.8 Å². The van der Waals surface area contributed by atoms with E-state index in [1.165, 1.54) is 5.56 Å². The van der Waals surface area contributed by atoms with Gasteiger partial charge in [-0.3, -0.25) is 4.79 Å². The maximum Gasteiger partial charge on any atom is 0.260 e. The number of ether oxygens (including phenoxy) is 1. The minimum Gasteiger partial charge on any atom is -0.484 e. The lowest BCUT2D eigenvalue weighted by Crippen LogP contribution is -2.36. The van der Waals surface area contributed by atoms with E-state index in [4.69, 9.17) is 9.84 Å².